The number of nitrogens with two attached hydrogens (primary N) is 1. The highest BCUT2D eigenvalue weighted by molar-refractivity contribution is 7.17. The molecule has 6 heteroatoms. The molecule has 1 aliphatic carbocycles. The zero-order chi connectivity index (χ0) is 17.3. The van der Waals surface area contributed by atoms with Gasteiger partial charge >= 0.3 is 0 Å². The number of anilines is 1. The summed E-state index contributed by atoms with van der Waals surface area (Å²) in [7, 11) is 1.57. The van der Waals surface area contributed by atoms with Crippen molar-refractivity contribution >= 4 is 28.2 Å². The van der Waals surface area contributed by atoms with Gasteiger partial charge in [-0.05, 0) is 55.0 Å². The average molecular weight is 344 g/mol. The van der Waals surface area contributed by atoms with E-state index >= 15 is 0 Å². The molecule has 5 nitrogen and oxygen atoms in total. The molecule has 0 radical (unpaired) electrons. The summed E-state index contributed by atoms with van der Waals surface area (Å²) in [5.41, 5.74) is 7.56. The van der Waals surface area contributed by atoms with Crippen molar-refractivity contribution in [3.05, 3.63) is 45.8 Å². The highest BCUT2D eigenvalue weighted by atomic mass is 32.1. The van der Waals surface area contributed by atoms with Crippen LogP contribution in [0.15, 0.2) is 24.3 Å². The molecular formula is C18H20N2O3S. The molecule has 1 aromatic carbocycles. The predicted octanol–water partition coefficient (Wildman–Crippen LogP) is 3.23. The minimum Gasteiger partial charge on any atom is -0.497 e. The standard InChI is InChI=1S/C18H20N2O3S/c1-10-3-8-13-14(9-10)24-18(15(13)16(19)21)20-17(22)11-4-6-12(23-2)7-5-11/h4-7,10H,3,8-9H2,1-2H3,(H2,19,21)(H,20,22). The lowest BCUT2D eigenvalue weighted by molar-refractivity contribution is 0.1000. The second-order valence-electron chi connectivity index (χ2n) is 6.10. The van der Waals surface area contributed by atoms with Crippen LogP contribution in [-0.4, -0.2) is 18.9 Å². The van der Waals surface area contributed by atoms with Crippen LogP contribution in [0.25, 0.3) is 0 Å². The summed E-state index contributed by atoms with van der Waals surface area (Å²) in [6.45, 7) is 2.20. The van der Waals surface area contributed by atoms with Crippen LogP contribution in [0, 0.1) is 5.92 Å². The quantitative estimate of drug-likeness (QED) is 0.893. The Morgan fingerprint density at radius 3 is 2.62 bits per heavy atom. The maximum absolute atomic E-state index is 12.5. The predicted molar refractivity (Wildman–Crippen MR) is 95.0 cm³/mol. The van der Waals surface area contributed by atoms with Crippen molar-refractivity contribution in [1.82, 2.24) is 0 Å². The van der Waals surface area contributed by atoms with Gasteiger partial charge in [0, 0.05) is 10.4 Å². The number of thiophene rings is 1. The molecule has 126 valence electrons. The van der Waals surface area contributed by atoms with Gasteiger partial charge in [-0.15, -0.1) is 11.3 Å². The van der Waals surface area contributed by atoms with E-state index in [1.165, 1.54) is 11.3 Å². The van der Waals surface area contributed by atoms with Crippen LogP contribution in [0.4, 0.5) is 5.00 Å². The maximum Gasteiger partial charge on any atom is 0.256 e. The van der Waals surface area contributed by atoms with Crippen LogP contribution < -0.4 is 15.8 Å². The Labute approximate surface area is 144 Å². The summed E-state index contributed by atoms with van der Waals surface area (Å²) >= 11 is 1.47. The summed E-state index contributed by atoms with van der Waals surface area (Å²) in [4.78, 5) is 25.5. The number of carbonyl (C=O) groups excluding carboxylic acids is 2. The van der Waals surface area contributed by atoms with Gasteiger partial charge < -0.3 is 15.8 Å². The first-order chi connectivity index (χ1) is 11.5. The highest BCUT2D eigenvalue weighted by Crippen LogP contribution is 2.39. The average Bonchev–Trinajstić information content (AvgIpc) is 2.91. The van der Waals surface area contributed by atoms with Gasteiger partial charge in [0.1, 0.15) is 10.8 Å². The number of ether oxygens (including phenoxy) is 1. The van der Waals surface area contributed by atoms with Crippen molar-refractivity contribution in [2.75, 3.05) is 12.4 Å². The third kappa shape index (κ3) is 3.14. The molecule has 1 atom stereocenters. The van der Waals surface area contributed by atoms with E-state index in [1.807, 2.05) is 0 Å². The molecule has 0 saturated carbocycles. The van der Waals surface area contributed by atoms with Crippen molar-refractivity contribution in [2.45, 2.75) is 26.2 Å². The van der Waals surface area contributed by atoms with E-state index in [-0.39, 0.29) is 5.91 Å². The fraction of sp³-hybridized carbons (Fsp3) is 0.333. The summed E-state index contributed by atoms with van der Waals surface area (Å²) in [5.74, 6) is 0.533. The highest BCUT2D eigenvalue weighted by Gasteiger charge is 2.27. The minimum atomic E-state index is -0.480. The molecule has 3 N–H and O–H groups in total. The topological polar surface area (TPSA) is 81.4 Å². The number of carbonyl (C=O) groups is 2. The molecular weight excluding hydrogens is 324 g/mol. The van der Waals surface area contributed by atoms with Crippen molar-refractivity contribution < 1.29 is 14.3 Å². The Morgan fingerprint density at radius 1 is 1.29 bits per heavy atom. The molecule has 0 fully saturated rings. The van der Waals surface area contributed by atoms with Crippen LogP contribution in [0.1, 0.15) is 44.5 Å². The van der Waals surface area contributed by atoms with Gasteiger partial charge in [0.2, 0.25) is 0 Å². The van der Waals surface area contributed by atoms with Crippen LogP contribution >= 0.6 is 11.3 Å². The van der Waals surface area contributed by atoms with Crippen LogP contribution in [-0.2, 0) is 12.8 Å². The number of benzene rings is 1. The smallest absolute Gasteiger partial charge is 0.256 e. The molecule has 2 amide bonds. The van der Waals surface area contributed by atoms with Crippen molar-refractivity contribution in [1.29, 1.82) is 0 Å². The SMILES string of the molecule is COc1ccc(C(=O)Nc2sc3c(c2C(N)=O)CCC(C)C3)cc1. The Kier molecular flexibility index (Phi) is 4.57. The third-order valence-electron chi connectivity index (χ3n) is 4.34. The fourth-order valence-electron chi connectivity index (χ4n) is 3.02. The third-order valence-corrected chi connectivity index (χ3v) is 5.51. The summed E-state index contributed by atoms with van der Waals surface area (Å²) in [6, 6.07) is 6.83. The van der Waals surface area contributed by atoms with Gasteiger partial charge in [-0.25, -0.2) is 0 Å². The van der Waals surface area contributed by atoms with Gasteiger partial charge in [-0.3, -0.25) is 9.59 Å². The largest absolute Gasteiger partial charge is 0.497 e. The van der Waals surface area contributed by atoms with E-state index in [9.17, 15) is 9.59 Å². The van der Waals surface area contributed by atoms with Crippen molar-refractivity contribution in [3.8, 4) is 5.75 Å². The lowest BCUT2D eigenvalue weighted by Gasteiger charge is -2.18. The van der Waals surface area contributed by atoms with Crippen molar-refractivity contribution in [3.63, 3.8) is 0 Å². The number of amides is 2. The molecule has 0 aliphatic heterocycles. The lowest BCUT2D eigenvalue weighted by atomic mass is 9.88. The molecule has 1 aromatic heterocycles. The van der Waals surface area contributed by atoms with E-state index in [4.69, 9.17) is 10.5 Å². The van der Waals surface area contributed by atoms with E-state index in [1.54, 1.807) is 31.4 Å². The van der Waals surface area contributed by atoms with E-state index in [0.29, 0.717) is 27.8 Å². The first-order valence-corrected chi connectivity index (χ1v) is 8.71. The Hall–Kier alpha value is -2.34. The van der Waals surface area contributed by atoms with Gasteiger partial charge in [-0.2, -0.15) is 0 Å². The molecule has 1 aliphatic rings. The Bertz CT molecular complexity index is 780. The molecule has 0 bridgehead atoms. The van der Waals surface area contributed by atoms with Gasteiger partial charge in [0.05, 0.1) is 12.7 Å². The normalized spacial score (nSPS) is 16.3. The minimum absolute atomic E-state index is 0.258. The number of hydrogen-bond donors (Lipinski definition) is 2. The number of hydrogen-bond acceptors (Lipinski definition) is 4. The maximum atomic E-state index is 12.5. The monoisotopic (exact) mass is 344 g/mol. The fourth-order valence-corrected chi connectivity index (χ4v) is 4.43. The van der Waals surface area contributed by atoms with Crippen LogP contribution in [0.3, 0.4) is 0 Å². The van der Waals surface area contributed by atoms with Crippen LogP contribution in [0.5, 0.6) is 5.75 Å². The zero-order valence-electron chi connectivity index (χ0n) is 13.7. The zero-order valence-corrected chi connectivity index (χ0v) is 14.5. The Morgan fingerprint density at radius 2 is 2.00 bits per heavy atom. The number of methoxy groups -OCH3 is 1. The molecule has 3 rings (SSSR count). The molecule has 2 aromatic rings. The number of primary amides is 1. The first-order valence-electron chi connectivity index (χ1n) is 7.89. The second kappa shape index (κ2) is 6.65. The number of fused-ring (bicyclic) bond motifs is 1. The second-order valence-corrected chi connectivity index (χ2v) is 7.21. The number of rotatable bonds is 4. The van der Waals surface area contributed by atoms with Gasteiger partial charge in [0.25, 0.3) is 11.8 Å². The molecule has 24 heavy (non-hydrogen) atoms. The summed E-state index contributed by atoms with van der Waals surface area (Å²) < 4.78 is 5.09. The lowest BCUT2D eigenvalue weighted by Crippen LogP contribution is -2.19. The molecule has 0 saturated heterocycles. The number of nitrogens with one attached hydrogen (secondary N) is 1. The van der Waals surface area contributed by atoms with E-state index in [2.05, 4.69) is 12.2 Å². The summed E-state index contributed by atoms with van der Waals surface area (Å²) in [5, 5.41) is 3.41. The van der Waals surface area contributed by atoms with Crippen molar-refractivity contribution in [2.24, 2.45) is 11.7 Å². The molecule has 0 spiro atoms. The van der Waals surface area contributed by atoms with E-state index in [0.717, 1.165) is 29.7 Å². The van der Waals surface area contributed by atoms with Crippen LogP contribution in [0.2, 0.25) is 0 Å². The van der Waals surface area contributed by atoms with Gasteiger partial charge in [0.15, 0.2) is 0 Å². The summed E-state index contributed by atoms with van der Waals surface area (Å²) in [6.07, 6.45) is 2.80. The Balaban J connectivity index is 1.88. The first kappa shape index (κ1) is 16.5. The van der Waals surface area contributed by atoms with Gasteiger partial charge in [-0.1, -0.05) is 6.92 Å². The molecule has 1 unspecified atom stereocenters. The van der Waals surface area contributed by atoms with E-state index < -0.39 is 5.91 Å². The molecule has 1 heterocycles.